The van der Waals surface area contributed by atoms with E-state index in [9.17, 15) is 0 Å². The fraction of sp³-hybridized carbons (Fsp3) is 0.700. The van der Waals surface area contributed by atoms with Crippen LogP contribution in [0.4, 0.5) is 10.8 Å². The molecule has 0 aromatic carbocycles. The Morgan fingerprint density at radius 2 is 2.47 bits per heavy atom. The molecule has 0 bridgehead atoms. The SMILES string of the molecule is CCC1CCN(c2snc(N)c2SC)C1. The van der Waals surface area contributed by atoms with Gasteiger partial charge in [0.15, 0.2) is 5.82 Å². The fourth-order valence-electron chi connectivity index (χ4n) is 2.03. The summed E-state index contributed by atoms with van der Waals surface area (Å²) in [6.07, 6.45) is 4.65. The molecule has 1 aromatic rings. The summed E-state index contributed by atoms with van der Waals surface area (Å²) >= 11 is 3.25. The average Bonchev–Trinajstić information content (AvgIpc) is 2.83. The van der Waals surface area contributed by atoms with Crippen molar-refractivity contribution >= 4 is 34.1 Å². The molecule has 2 N–H and O–H groups in total. The first kappa shape index (κ1) is 11.1. The number of rotatable bonds is 3. The van der Waals surface area contributed by atoms with Gasteiger partial charge in [-0.2, -0.15) is 4.37 Å². The lowest BCUT2D eigenvalue weighted by Crippen LogP contribution is -2.18. The Bertz CT molecular complexity index is 337. The van der Waals surface area contributed by atoms with Gasteiger partial charge in [-0.3, -0.25) is 0 Å². The number of anilines is 2. The Morgan fingerprint density at radius 1 is 1.67 bits per heavy atom. The summed E-state index contributed by atoms with van der Waals surface area (Å²) in [5, 5.41) is 1.27. The third kappa shape index (κ3) is 2.08. The second kappa shape index (κ2) is 4.61. The Balaban J connectivity index is 2.16. The van der Waals surface area contributed by atoms with Crippen LogP contribution in [0.15, 0.2) is 4.90 Å². The Kier molecular flexibility index (Phi) is 3.41. The molecule has 1 atom stereocenters. The van der Waals surface area contributed by atoms with Gasteiger partial charge in [-0.15, -0.1) is 11.8 Å². The molecule has 0 aliphatic carbocycles. The van der Waals surface area contributed by atoms with Crippen LogP contribution in [-0.2, 0) is 0 Å². The molecule has 1 saturated heterocycles. The number of nitrogens with zero attached hydrogens (tertiary/aromatic N) is 2. The third-order valence-corrected chi connectivity index (χ3v) is 4.88. The van der Waals surface area contributed by atoms with E-state index in [2.05, 4.69) is 22.5 Å². The molecule has 1 aliphatic heterocycles. The van der Waals surface area contributed by atoms with Gasteiger partial charge in [0.25, 0.3) is 0 Å². The highest BCUT2D eigenvalue weighted by atomic mass is 32.2. The van der Waals surface area contributed by atoms with Crippen LogP contribution in [-0.4, -0.2) is 23.7 Å². The highest BCUT2D eigenvalue weighted by Gasteiger charge is 2.25. The smallest absolute Gasteiger partial charge is 0.153 e. The molecule has 2 heterocycles. The minimum atomic E-state index is 0.697. The van der Waals surface area contributed by atoms with Gasteiger partial charge >= 0.3 is 0 Å². The molecular weight excluding hydrogens is 226 g/mol. The predicted molar refractivity (Wildman–Crippen MR) is 68.9 cm³/mol. The zero-order valence-electron chi connectivity index (χ0n) is 9.19. The quantitative estimate of drug-likeness (QED) is 0.829. The lowest BCUT2D eigenvalue weighted by molar-refractivity contribution is 0.569. The normalized spacial score (nSPS) is 21.2. The number of thioether (sulfide) groups is 1. The molecule has 15 heavy (non-hydrogen) atoms. The monoisotopic (exact) mass is 243 g/mol. The van der Waals surface area contributed by atoms with Gasteiger partial charge in [0.2, 0.25) is 0 Å². The summed E-state index contributed by atoms with van der Waals surface area (Å²) in [5.74, 6) is 1.55. The standard InChI is InChI=1S/C10H17N3S2/c1-3-7-4-5-13(6-7)10-8(14-2)9(11)12-15-10/h7H,3-6H2,1-2H3,(H2,11,12). The minimum Gasteiger partial charge on any atom is -0.382 e. The van der Waals surface area contributed by atoms with E-state index in [1.165, 1.54) is 24.4 Å². The lowest BCUT2D eigenvalue weighted by Gasteiger charge is -2.16. The van der Waals surface area contributed by atoms with Crippen molar-refractivity contribution in [3.63, 3.8) is 0 Å². The average molecular weight is 243 g/mol. The predicted octanol–water partition coefficient (Wildman–Crippen LogP) is 2.68. The topological polar surface area (TPSA) is 42.2 Å². The Labute approximate surface area is 99.2 Å². The molecular formula is C10H17N3S2. The molecule has 1 fully saturated rings. The maximum atomic E-state index is 5.84. The highest BCUT2D eigenvalue weighted by molar-refractivity contribution is 7.99. The van der Waals surface area contributed by atoms with Crippen LogP contribution in [0, 0.1) is 5.92 Å². The van der Waals surface area contributed by atoms with Gasteiger partial charge < -0.3 is 10.6 Å². The van der Waals surface area contributed by atoms with Gasteiger partial charge in [0.1, 0.15) is 5.00 Å². The molecule has 0 radical (unpaired) electrons. The highest BCUT2D eigenvalue weighted by Crippen LogP contribution is 2.39. The van der Waals surface area contributed by atoms with E-state index in [1.54, 1.807) is 23.3 Å². The summed E-state index contributed by atoms with van der Waals surface area (Å²) in [4.78, 5) is 3.60. The zero-order valence-corrected chi connectivity index (χ0v) is 10.8. The summed E-state index contributed by atoms with van der Waals surface area (Å²) in [5.41, 5.74) is 5.84. The molecule has 0 saturated carbocycles. The molecule has 1 aromatic heterocycles. The fourth-order valence-corrected chi connectivity index (χ4v) is 3.75. The van der Waals surface area contributed by atoms with Crippen molar-refractivity contribution < 1.29 is 0 Å². The van der Waals surface area contributed by atoms with Crippen molar-refractivity contribution in [1.29, 1.82) is 0 Å². The van der Waals surface area contributed by atoms with Gasteiger partial charge in [0, 0.05) is 13.1 Å². The third-order valence-electron chi connectivity index (χ3n) is 3.01. The molecule has 1 aliphatic rings. The van der Waals surface area contributed by atoms with Crippen molar-refractivity contribution in [2.24, 2.45) is 5.92 Å². The molecule has 0 spiro atoms. The Morgan fingerprint density at radius 3 is 3.07 bits per heavy atom. The summed E-state index contributed by atoms with van der Waals surface area (Å²) < 4.78 is 4.24. The summed E-state index contributed by atoms with van der Waals surface area (Å²) in [6, 6.07) is 0. The molecule has 2 rings (SSSR count). The maximum absolute atomic E-state index is 5.84. The number of hydrogen-bond donors (Lipinski definition) is 1. The van der Waals surface area contributed by atoms with Crippen molar-refractivity contribution in [3.8, 4) is 0 Å². The van der Waals surface area contributed by atoms with E-state index in [0.717, 1.165) is 17.4 Å². The number of nitrogens with two attached hydrogens (primary N) is 1. The Hall–Kier alpha value is -0.420. The first-order valence-corrected chi connectivity index (χ1v) is 7.30. The van der Waals surface area contributed by atoms with E-state index in [4.69, 9.17) is 5.73 Å². The lowest BCUT2D eigenvalue weighted by atomic mass is 10.1. The van der Waals surface area contributed by atoms with E-state index < -0.39 is 0 Å². The second-order valence-electron chi connectivity index (χ2n) is 3.92. The second-order valence-corrected chi connectivity index (χ2v) is 5.48. The van der Waals surface area contributed by atoms with Gasteiger partial charge in [-0.25, -0.2) is 0 Å². The van der Waals surface area contributed by atoms with Crippen LogP contribution in [0.25, 0.3) is 0 Å². The molecule has 0 amide bonds. The molecule has 1 unspecified atom stereocenters. The first-order chi connectivity index (χ1) is 7.26. The number of nitrogen functional groups attached to an aromatic ring is 1. The van der Waals surface area contributed by atoms with Gasteiger partial charge in [0.05, 0.1) is 4.90 Å². The van der Waals surface area contributed by atoms with Crippen LogP contribution >= 0.6 is 23.3 Å². The summed E-state index contributed by atoms with van der Waals surface area (Å²) in [7, 11) is 0. The van der Waals surface area contributed by atoms with E-state index in [0.29, 0.717) is 5.82 Å². The minimum absolute atomic E-state index is 0.697. The molecule has 84 valence electrons. The number of hydrogen-bond acceptors (Lipinski definition) is 5. The number of aromatic nitrogens is 1. The van der Waals surface area contributed by atoms with E-state index in [-0.39, 0.29) is 0 Å². The maximum Gasteiger partial charge on any atom is 0.153 e. The van der Waals surface area contributed by atoms with Gasteiger partial charge in [-0.1, -0.05) is 13.3 Å². The van der Waals surface area contributed by atoms with Crippen LogP contribution < -0.4 is 10.6 Å². The van der Waals surface area contributed by atoms with Crippen LogP contribution in [0.5, 0.6) is 0 Å². The largest absolute Gasteiger partial charge is 0.382 e. The van der Waals surface area contributed by atoms with Crippen molar-refractivity contribution in [2.75, 3.05) is 30.0 Å². The molecule has 3 nitrogen and oxygen atoms in total. The van der Waals surface area contributed by atoms with E-state index in [1.807, 2.05) is 0 Å². The van der Waals surface area contributed by atoms with Gasteiger partial charge in [-0.05, 0) is 30.1 Å². The van der Waals surface area contributed by atoms with Crippen molar-refractivity contribution in [3.05, 3.63) is 0 Å². The van der Waals surface area contributed by atoms with Crippen molar-refractivity contribution in [1.82, 2.24) is 4.37 Å². The summed E-state index contributed by atoms with van der Waals surface area (Å²) in [6.45, 7) is 4.60. The van der Waals surface area contributed by atoms with E-state index >= 15 is 0 Å². The van der Waals surface area contributed by atoms with Crippen LogP contribution in [0.2, 0.25) is 0 Å². The van der Waals surface area contributed by atoms with Crippen LogP contribution in [0.3, 0.4) is 0 Å². The zero-order chi connectivity index (χ0) is 10.8. The van der Waals surface area contributed by atoms with Crippen LogP contribution in [0.1, 0.15) is 19.8 Å². The molecule has 5 heteroatoms. The van der Waals surface area contributed by atoms with Crippen molar-refractivity contribution in [2.45, 2.75) is 24.7 Å². The first-order valence-electron chi connectivity index (χ1n) is 5.30.